The Morgan fingerprint density at radius 3 is 2.35 bits per heavy atom. The van der Waals surface area contributed by atoms with Gasteiger partial charge in [0.1, 0.15) is 29.2 Å². The molecule has 1 amide bonds. The molecule has 1 saturated heterocycles. The van der Waals surface area contributed by atoms with Crippen LogP contribution in [-0.2, 0) is 0 Å². The first-order chi connectivity index (χ1) is 16.6. The number of fused-ring (bicyclic) bond motifs is 1. The highest BCUT2D eigenvalue weighted by Crippen LogP contribution is 2.30. The van der Waals surface area contributed by atoms with E-state index in [0.29, 0.717) is 65.9 Å². The summed E-state index contributed by atoms with van der Waals surface area (Å²) < 4.78 is 26.0. The van der Waals surface area contributed by atoms with Gasteiger partial charge in [0.05, 0.1) is 19.9 Å². The molecule has 2 aromatic carbocycles. The van der Waals surface area contributed by atoms with Gasteiger partial charge in [-0.1, -0.05) is 17.3 Å². The number of rotatable bonds is 5. The molecule has 0 bridgehead atoms. The summed E-state index contributed by atoms with van der Waals surface area (Å²) in [7, 11) is 3.06. The highest BCUT2D eigenvalue weighted by atomic mass is 19.1. The van der Waals surface area contributed by atoms with Gasteiger partial charge in [-0.05, 0) is 30.3 Å². The monoisotopic (exact) mass is 463 g/mol. The van der Waals surface area contributed by atoms with Gasteiger partial charge in [0.15, 0.2) is 17.0 Å². The Hall–Kier alpha value is -4.28. The molecule has 0 atom stereocenters. The highest BCUT2D eigenvalue weighted by molar-refractivity contribution is 6.00. The van der Waals surface area contributed by atoms with Crippen LogP contribution in [0.4, 0.5) is 10.2 Å². The first-order valence-corrected chi connectivity index (χ1v) is 10.7. The van der Waals surface area contributed by atoms with Gasteiger partial charge in [0, 0.05) is 26.2 Å². The van der Waals surface area contributed by atoms with Crippen molar-refractivity contribution in [2.75, 3.05) is 45.3 Å². The second-order valence-corrected chi connectivity index (χ2v) is 7.67. The third kappa shape index (κ3) is 3.74. The van der Waals surface area contributed by atoms with E-state index in [2.05, 4.69) is 20.3 Å². The molecular formula is C23H22FN7O3. The van der Waals surface area contributed by atoms with Crippen molar-refractivity contribution in [2.24, 2.45) is 0 Å². The Balaban J connectivity index is 1.38. The maximum atomic E-state index is 13.7. The number of hydrogen-bond acceptors (Lipinski definition) is 8. The Bertz CT molecular complexity index is 1330. The van der Waals surface area contributed by atoms with E-state index in [9.17, 15) is 9.18 Å². The second-order valence-electron chi connectivity index (χ2n) is 7.67. The zero-order valence-electron chi connectivity index (χ0n) is 18.7. The second kappa shape index (κ2) is 8.93. The lowest BCUT2D eigenvalue weighted by atomic mass is 10.1. The largest absolute Gasteiger partial charge is 0.496 e. The van der Waals surface area contributed by atoms with E-state index in [-0.39, 0.29) is 11.7 Å². The summed E-state index contributed by atoms with van der Waals surface area (Å²) in [6.45, 7) is 2.04. The first kappa shape index (κ1) is 21.6. The van der Waals surface area contributed by atoms with Crippen molar-refractivity contribution in [1.29, 1.82) is 0 Å². The van der Waals surface area contributed by atoms with Gasteiger partial charge in [-0.2, -0.15) is 4.68 Å². The van der Waals surface area contributed by atoms with Crippen LogP contribution >= 0.6 is 0 Å². The molecule has 1 aliphatic rings. The molecule has 4 aromatic rings. The third-order valence-corrected chi connectivity index (χ3v) is 5.78. The van der Waals surface area contributed by atoms with Gasteiger partial charge < -0.3 is 19.3 Å². The number of nitrogens with zero attached hydrogens (tertiary/aromatic N) is 7. The molecule has 174 valence electrons. The Morgan fingerprint density at radius 1 is 0.971 bits per heavy atom. The molecule has 1 aliphatic heterocycles. The molecule has 0 unspecified atom stereocenters. The number of ether oxygens (including phenoxy) is 2. The van der Waals surface area contributed by atoms with E-state index in [0.717, 1.165) is 0 Å². The number of anilines is 1. The highest BCUT2D eigenvalue weighted by Gasteiger charge is 2.28. The molecule has 0 spiro atoms. The molecule has 0 N–H and O–H groups in total. The standard InChI is InChI=1S/C23H22FN7O3/c1-33-17-7-4-8-18(34-2)19(17)23(32)30-11-9-29(10-12-30)21-20-22(26-14-25-21)31(28-27-20)16-6-3-5-15(24)13-16/h3-8,13-14H,9-12H2,1-2H3. The van der Waals surface area contributed by atoms with E-state index < -0.39 is 0 Å². The Kier molecular flexibility index (Phi) is 5.66. The van der Waals surface area contributed by atoms with Crippen LogP contribution in [0.25, 0.3) is 16.9 Å². The minimum Gasteiger partial charge on any atom is -0.496 e. The number of carbonyl (C=O) groups excluding carboxylic acids is 1. The summed E-state index contributed by atoms with van der Waals surface area (Å²) in [4.78, 5) is 25.8. The average Bonchev–Trinajstić information content (AvgIpc) is 3.32. The number of carbonyl (C=O) groups is 1. The van der Waals surface area contributed by atoms with E-state index in [1.165, 1.54) is 37.4 Å². The molecule has 0 radical (unpaired) electrons. The van der Waals surface area contributed by atoms with Crippen LogP contribution in [0.15, 0.2) is 48.8 Å². The summed E-state index contributed by atoms with van der Waals surface area (Å²) >= 11 is 0. The number of piperazine rings is 1. The number of halogens is 1. The van der Waals surface area contributed by atoms with Crippen molar-refractivity contribution in [3.05, 3.63) is 60.2 Å². The minimum absolute atomic E-state index is 0.154. The number of methoxy groups -OCH3 is 2. The van der Waals surface area contributed by atoms with Gasteiger partial charge in [-0.3, -0.25) is 4.79 Å². The van der Waals surface area contributed by atoms with E-state index in [1.807, 2.05) is 4.90 Å². The van der Waals surface area contributed by atoms with E-state index >= 15 is 0 Å². The van der Waals surface area contributed by atoms with Gasteiger partial charge in [-0.25, -0.2) is 14.4 Å². The normalized spacial score (nSPS) is 13.9. The van der Waals surface area contributed by atoms with Crippen molar-refractivity contribution in [1.82, 2.24) is 29.9 Å². The van der Waals surface area contributed by atoms with Crippen LogP contribution in [0.1, 0.15) is 10.4 Å². The van der Waals surface area contributed by atoms with Crippen molar-refractivity contribution >= 4 is 22.9 Å². The van der Waals surface area contributed by atoms with Crippen LogP contribution in [0, 0.1) is 5.82 Å². The molecule has 0 aliphatic carbocycles. The smallest absolute Gasteiger partial charge is 0.261 e. The van der Waals surface area contributed by atoms with Crippen LogP contribution in [0.5, 0.6) is 11.5 Å². The first-order valence-electron chi connectivity index (χ1n) is 10.7. The van der Waals surface area contributed by atoms with E-state index in [1.54, 1.807) is 35.2 Å². The van der Waals surface area contributed by atoms with Gasteiger partial charge in [0.25, 0.3) is 5.91 Å². The fourth-order valence-corrected chi connectivity index (χ4v) is 4.09. The lowest BCUT2D eigenvalue weighted by Crippen LogP contribution is -2.49. The van der Waals surface area contributed by atoms with Crippen LogP contribution in [-0.4, -0.2) is 76.2 Å². The molecular weight excluding hydrogens is 441 g/mol. The molecule has 11 heteroatoms. The van der Waals surface area contributed by atoms with Crippen LogP contribution < -0.4 is 14.4 Å². The molecule has 0 saturated carbocycles. The van der Waals surface area contributed by atoms with Gasteiger partial charge in [-0.15, -0.1) is 5.10 Å². The maximum absolute atomic E-state index is 13.7. The lowest BCUT2D eigenvalue weighted by molar-refractivity contribution is 0.0739. The van der Waals surface area contributed by atoms with Gasteiger partial charge >= 0.3 is 0 Å². The number of benzene rings is 2. The minimum atomic E-state index is -0.372. The third-order valence-electron chi connectivity index (χ3n) is 5.78. The fourth-order valence-electron chi connectivity index (χ4n) is 4.09. The number of aromatic nitrogens is 5. The zero-order chi connectivity index (χ0) is 23.7. The SMILES string of the molecule is COc1cccc(OC)c1C(=O)N1CCN(c2ncnc3c2nnn3-c2cccc(F)c2)CC1. The summed E-state index contributed by atoms with van der Waals surface area (Å²) in [5.41, 5.74) is 1.92. The predicted octanol–water partition coefficient (Wildman–Crippen LogP) is 2.33. The topological polar surface area (TPSA) is 98.5 Å². The lowest BCUT2D eigenvalue weighted by Gasteiger charge is -2.35. The summed E-state index contributed by atoms with van der Waals surface area (Å²) in [5.74, 6) is 1.04. The van der Waals surface area contributed by atoms with Crippen molar-refractivity contribution in [3.63, 3.8) is 0 Å². The predicted molar refractivity (Wildman–Crippen MR) is 122 cm³/mol. The van der Waals surface area contributed by atoms with Crippen molar-refractivity contribution < 1.29 is 18.7 Å². The van der Waals surface area contributed by atoms with Crippen LogP contribution in [0.2, 0.25) is 0 Å². The van der Waals surface area contributed by atoms with Crippen LogP contribution in [0.3, 0.4) is 0 Å². The Labute approximate surface area is 194 Å². The molecule has 34 heavy (non-hydrogen) atoms. The fraction of sp³-hybridized carbons (Fsp3) is 0.261. The zero-order valence-corrected chi connectivity index (χ0v) is 18.7. The summed E-state index contributed by atoms with van der Waals surface area (Å²) in [5, 5.41) is 8.42. The van der Waals surface area contributed by atoms with Crippen molar-refractivity contribution in [3.8, 4) is 17.2 Å². The average molecular weight is 463 g/mol. The molecule has 5 rings (SSSR count). The molecule has 3 heterocycles. The summed E-state index contributed by atoms with van der Waals surface area (Å²) in [6, 6.07) is 11.3. The van der Waals surface area contributed by atoms with E-state index in [4.69, 9.17) is 9.47 Å². The number of hydrogen-bond donors (Lipinski definition) is 0. The van der Waals surface area contributed by atoms with Crippen molar-refractivity contribution in [2.45, 2.75) is 0 Å². The van der Waals surface area contributed by atoms with Gasteiger partial charge in [0.2, 0.25) is 0 Å². The maximum Gasteiger partial charge on any atom is 0.261 e. The summed E-state index contributed by atoms with van der Waals surface area (Å²) in [6.07, 6.45) is 1.44. The number of amides is 1. The molecule has 1 fully saturated rings. The quantitative estimate of drug-likeness (QED) is 0.445. The molecule has 10 nitrogen and oxygen atoms in total. The Morgan fingerprint density at radius 2 is 1.68 bits per heavy atom. The molecule has 2 aromatic heterocycles.